The molecule has 0 unspecified atom stereocenters. The summed E-state index contributed by atoms with van der Waals surface area (Å²) in [7, 11) is 0. The molecule has 0 aliphatic carbocycles. The van der Waals surface area contributed by atoms with Crippen molar-refractivity contribution < 1.29 is 9.59 Å². The molecule has 1 aliphatic heterocycles. The number of pyridine rings is 1. The molecule has 2 rings (SSSR count). The van der Waals surface area contributed by atoms with Gasteiger partial charge in [-0.3, -0.25) is 19.5 Å². The molecule has 124 valence electrons. The molecule has 23 heavy (non-hydrogen) atoms. The van der Waals surface area contributed by atoms with Crippen LogP contribution in [0.1, 0.15) is 26.7 Å². The van der Waals surface area contributed by atoms with Gasteiger partial charge in [0.05, 0.1) is 11.9 Å². The number of rotatable bonds is 4. The van der Waals surface area contributed by atoms with Crippen LogP contribution in [0, 0.1) is 0 Å². The van der Waals surface area contributed by atoms with E-state index in [-0.39, 0.29) is 6.04 Å². The Balaban J connectivity index is 1.74. The first-order valence-electron chi connectivity index (χ1n) is 7.92. The molecule has 1 aromatic heterocycles. The highest BCUT2D eigenvalue weighted by atomic mass is 16.2. The summed E-state index contributed by atoms with van der Waals surface area (Å²) in [4.78, 5) is 30.1. The Kier molecular flexibility index (Phi) is 6.29. The first-order chi connectivity index (χ1) is 11.0. The van der Waals surface area contributed by atoms with Crippen molar-refractivity contribution in [3.8, 4) is 0 Å². The van der Waals surface area contributed by atoms with Crippen LogP contribution in [-0.2, 0) is 9.59 Å². The van der Waals surface area contributed by atoms with E-state index in [4.69, 9.17) is 0 Å². The molecule has 6 heteroatoms. The number of piperidine rings is 1. The Morgan fingerprint density at radius 3 is 2.65 bits per heavy atom. The lowest BCUT2D eigenvalue weighted by Gasteiger charge is -2.31. The van der Waals surface area contributed by atoms with E-state index in [2.05, 4.69) is 40.4 Å². The summed E-state index contributed by atoms with van der Waals surface area (Å²) in [6.45, 7) is 6.99. The second-order valence-electron chi connectivity index (χ2n) is 6.03. The topological polar surface area (TPSA) is 74.3 Å². The van der Waals surface area contributed by atoms with Gasteiger partial charge >= 0.3 is 11.8 Å². The molecule has 2 amide bonds. The number of nitrogens with zero attached hydrogens (tertiary/aromatic N) is 2. The number of hydrogen-bond donors (Lipinski definition) is 2. The lowest BCUT2D eigenvalue weighted by Crippen LogP contribution is -2.47. The lowest BCUT2D eigenvalue weighted by atomic mass is 10.0. The first-order valence-corrected chi connectivity index (χ1v) is 7.92. The van der Waals surface area contributed by atoms with Crippen molar-refractivity contribution in [2.24, 2.45) is 0 Å². The predicted molar refractivity (Wildman–Crippen MR) is 89.9 cm³/mol. The molecular formula is C17H24N4O2. The van der Waals surface area contributed by atoms with Crippen molar-refractivity contribution in [2.45, 2.75) is 32.7 Å². The van der Waals surface area contributed by atoms with E-state index in [1.54, 1.807) is 18.3 Å². The predicted octanol–water partition coefficient (Wildman–Crippen LogP) is 1.57. The molecule has 0 spiro atoms. The number of amides is 2. The monoisotopic (exact) mass is 316 g/mol. The van der Waals surface area contributed by atoms with E-state index in [0.717, 1.165) is 32.5 Å². The van der Waals surface area contributed by atoms with Gasteiger partial charge in [-0.15, -0.1) is 0 Å². The highest BCUT2D eigenvalue weighted by molar-refractivity contribution is 6.39. The highest BCUT2D eigenvalue weighted by Gasteiger charge is 2.23. The molecule has 0 radical (unpaired) electrons. The summed E-state index contributed by atoms with van der Waals surface area (Å²) in [5, 5.41) is 5.35. The van der Waals surface area contributed by atoms with Gasteiger partial charge in [0.25, 0.3) is 0 Å². The minimum atomic E-state index is -0.648. The zero-order valence-electron chi connectivity index (χ0n) is 13.7. The maximum absolute atomic E-state index is 11.9. The Bertz CT molecular complexity index is 559. The fourth-order valence-electron chi connectivity index (χ4n) is 2.45. The Morgan fingerprint density at radius 1 is 1.30 bits per heavy atom. The fraction of sp³-hybridized carbons (Fsp3) is 0.471. The number of likely N-dealkylation sites (tertiary alicyclic amines) is 1. The molecule has 1 aliphatic rings. The third kappa shape index (κ3) is 5.83. The average molecular weight is 316 g/mol. The van der Waals surface area contributed by atoms with Crippen molar-refractivity contribution in [2.75, 3.05) is 25.0 Å². The van der Waals surface area contributed by atoms with E-state index < -0.39 is 11.8 Å². The molecule has 1 fully saturated rings. The van der Waals surface area contributed by atoms with E-state index in [0.29, 0.717) is 5.69 Å². The minimum Gasteiger partial charge on any atom is -0.345 e. The number of aromatic nitrogens is 1. The third-order valence-electron chi connectivity index (χ3n) is 3.81. The maximum Gasteiger partial charge on any atom is 0.313 e. The van der Waals surface area contributed by atoms with E-state index in [9.17, 15) is 9.59 Å². The van der Waals surface area contributed by atoms with E-state index in [1.807, 2.05) is 0 Å². The molecule has 1 aromatic rings. The van der Waals surface area contributed by atoms with Gasteiger partial charge in [0.15, 0.2) is 0 Å². The number of nitrogens with one attached hydrogen (secondary N) is 2. The average Bonchev–Trinajstić information content (AvgIpc) is 2.55. The van der Waals surface area contributed by atoms with Gasteiger partial charge in [-0.1, -0.05) is 11.6 Å². The summed E-state index contributed by atoms with van der Waals surface area (Å²) in [6.07, 6.45) is 7.05. The summed E-state index contributed by atoms with van der Waals surface area (Å²) in [5.41, 5.74) is 1.83. The van der Waals surface area contributed by atoms with Crippen LogP contribution in [0.5, 0.6) is 0 Å². The van der Waals surface area contributed by atoms with Crippen LogP contribution >= 0.6 is 0 Å². The van der Waals surface area contributed by atoms with Crippen LogP contribution in [0.15, 0.2) is 36.2 Å². The molecule has 2 heterocycles. The quantitative estimate of drug-likeness (QED) is 0.653. The van der Waals surface area contributed by atoms with Crippen LogP contribution in [0.2, 0.25) is 0 Å². The van der Waals surface area contributed by atoms with Crippen molar-refractivity contribution in [1.29, 1.82) is 0 Å². The number of carbonyl (C=O) groups is 2. The highest BCUT2D eigenvalue weighted by Crippen LogP contribution is 2.11. The Morgan fingerprint density at radius 2 is 2.04 bits per heavy atom. The van der Waals surface area contributed by atoms with Gasteiger partial charge < -0.3 is 10.6 Å². The number of allylic oxidation sites excluding steroid dienone is 1. The van der Waals surface area contributed by atoms with Crippen molar-refractivity contribution in [3.63, 3.8) is 0 Å². The lowest BCUT2D eigenvalue weighted by molar-refractivity contribution is -0.136. The van der Waals surface area contributed by atoms with Crippen LogP contribution < -0.4 is 10.6 Å². The van der Waals surface area contributed by atoms with Gasteiger partial charge in [-0.25, -0.2) is 0 Å². The van der Waals surface area contributed by atoms with Gasteiger partial charge in [0, 0.05) is 31.9 Å². The molecule has 1 saturated heterocycles. The maximum atomic E-state index is 11.9. The number of hydrogen-bond acceptors (Lipinski definition) is 4. The molecule has 2 N–H and O–H groups in total. The summed E-state index contributed by atoms with van der Waals surface area (Å²) < 4.78 is 0. The second-order valence-corrected chi connectivity index (χ2v) is 6.03. The van der Waals surface area contributed by atoms with Gasteiger partial charge in [0.1, 0.15) is 0 Å². The molecular weight excluding hydrogens is 292 g/mol. The zero-order valence-corrected chi connectivity index (χ0v) is 13.7. The summed E-state index contributed by atoms with van der Waals surface area (Å²) in [5.74, 6) is -1.23. The van der Waals surface area contributed by atoms with Gasteiger partial charge in [-0.2, -0.15) is 0 Å². The SMILES string of the molecule is CC(C)=CCN1CCC(NC(=O)C(=O)Nc2cccnc2)CC1. The van der Waals surface area contributed by atoms with Crippen molar-refractivity contribution in [3.05, 3.63) is 36.2 Å². The van der Waals surface area contributed by atoms with Gasteiger partial charge in [-0.05, 0) is 38.8 Å². The molecule has 0 atom stereocenters. The van der Waals surface area contributed by atoms with Crippen molar-refractivity contribution >= 4 is 17.5 Å². The van der Waals surface area contributed by atoms with E-state index >= 15 is 0 Å². The minimum absolute atomic E-state index is 0.0603. The third-order valence-corrected chi connectivity index (χ3v) is 3.81. The van der Waals surface area contributed by atoms with Crippen LogP contribution in [0.3, 0.4) is 0 Å². The second kappa shape index (κ2) is 8.43. The first kappa shape index (κ1) is 17.1. The molecule has 0 aromatic carbocycles. The Hall–Kier alpha value is -2.21. The number of carbonyl (C=O) groups excluding carboxylic acids is 2. The molecule has 0 saturated carbocycles. The fourth-order valence-corrected chi connectivity index (χ4v) is 2.45. The largest absolute Gasteiger partial charge is 0.345 e. The van der Waals surface area contributed by atoms with Crippen molar-refractivity contribution in [1.82, 2.24) is 15.2 Å². The molecule has 6 nitrogen and oxygen atoms in total. The zero-order chi connectivity index (χ0) is 16.7. The smallest absolute Gasteiger partial charge is 0.313 e. The molecule has 0 bridgehead atoms. The van der Waals surface area contributed by atoms with Crippen LogP contribution in [0.25, 0.3) is 0 Å². The standard InChI is InChI=1S/C17H24N4O2/c1-13(2)5-9-21-10-6-14(7-11-21)19-16(22)17(23)20-15-4-3-8-18-12-15/h3-5,8,12,14H,6-7,9-11H2,1-2H3,(H,19,22)(H,20,23). The summed E-state index contributed by atoms with van der Waals surface area (Å²) >= 11 is 0. The van der Waals surface area contributed by atoms with Gasteiger partial charge in [0.2, 0.25) is 0 Å². The normalized spacial score (nSPS) is 15.7. The van der Waals surface area contributed by atoms with Crippen LogP contribution in [-0.4, -0.2) is 47.4 Å². The Labute approximate surface area is 137 Å². The van der Waals surface area contributed by atoms with Crippen LogP contribution in [0.4, 0.5) is 5.69 Å². The number of anilines is 1. The van der Waals surface area contributed by atoms with E-state index in [1.165, 1.54) is 11.8 Å². The summed E-state index contributed by atoms with van der Waals surface area (Å²) in [6, 6.07) is 3.46.